The van der Waals surface area contributed by atoms with Crippen molar-refractivity contribution in [1.29, 1.82) is 0 Å². The molecule has 3 N–H and O–H groups in total. The maximum absolute atomic E-state index is 12.5. The molecule has 0 spiro atoms. The van der Waals surface area contributed by atoms with Crippen molar-refractivity contribution in [2.75, 3.05) is 29.1 Å². The smallest absolute Gasteiger partial charge is 0.251 e. The SMILES string of the molecule is CC(=O)N(C)c1ccc(NC(=O)CNc2ccc(C(=O)NC(C)c3ccccc3)cc2)cc1. The molecule has 7 nitrogen and oxygen atoms in total. The Balaban J connectivity index is 1.48. The molecule has 0 bridgehead atoms. The zero-order valence-electron chi connectivity index (χ0n) is 19.0. The number of carbonyl (C=O) groups is 3. The van der Waals surface area contributed by atoms with Gasteiger partial charge in [0.25, 0.3) is 5.91 Å². The average molecular weight is 445 g/mol. The predicted molar refractivity (Wildman–Crippen MR) is 131 cm³/mol. The summed E-state index contributed by atoms with van der Waals surface area (Å²) in [5, 5.41) is 8.83. The van der Waals surface area contributed by atoms with E-state index in [1.165, 1.54) is 11.8 Å². The molecule has 0 saturated carbocycles. The number of carbonyl (C=O) groups excluding carboxylic acids is 3. The number of nitrogens with one attached hydrogen (secondary N) is 3. The highest BCUT2D eigenvalue weighted by molar-refractivity contribution is 5.96. The van der Waals surface area contributed by atoms with E-state index in [-0.39, 0.29) is 30.3 Å². The van der Waals surface area contributed by atoms with Crippen molar-refractivity contribution >= 4 is 34.8 Å². The molecule has 1 unspecified atom stereocenters. The lowest BCUT2D eigenvalue weighted by atomic mass is 10.1. The van der Waals surface area contributed by atoms with Crippen molar-refractivity contribution in [2.24, 2.45) is 0 Å². The van der Waals surface area contributed by atoms with E-state index in [9.17, 15) is 14.4 Å². The van der Waals surface area contributed by atoms with E-state index < -0.39 is 0 Å². The zero-order valence-corrected chi connectivity index (χ0v) is 19.0. The number of anilines is 3. The maximum atomic E-state index is 12.5. The van der Waals surface area contributed by atoms with Gasteiger partial charge in [0.15, 0.2) is 0 Å². The lowest BCUT2D eigenvalue weighted by Gasteiger charge is -2.15. The number of rotatable bonds is 8. The van der Waals surface area contributed by atoms with E-state index in [0.717, 1.165) is 16.9 Å². The molecule has 1 atom stereocenters. The second-order valence-corrected chi connectivity index (χ2v) is 7.71. The molecule has 3 rings (SSSR count). The maximum Gasteiger partial charge on any atom is 0.251 e. The topological polar surface area (TPSA) is 90.5 Å². The second-order valence-electron chi connectivity index (χ2n) is 7.71. The summed E-state index contributed by atoms with van der Waals surface area (Å²) in [5.41, 5.74) is 3.71. The van der Waals surface area contributed by atoms with Crippen LogP contribution in [0.5, 0.6) is 0 Å². The van der Waals surface area contributed by atoms with E-state index in [1.807, 2.05) is 37.3 Å². The molecule has 170 valence electrons. The van der Waals surface area contributed by atoms with Crippen LogP contribution in [0.4, 0.5) is 17.1 Å². The van der Waals surface area contributed by atoms with Crippen LogP contribution in [-0.4, -0.2) is 31.3 Å². The van der Waals surface area contributed by atoms with Gasteiger partial charge in [0.05, 0.1) is 12.6 Å². The Morgan fingerprint density at radius 3 is 2.06 bits per heavy atom. The van der Waals surface area contributed by atoms with Crippen LogP contribution < -0.4 is 20.9 Å². The summed E-state index contributed by atoms with van der Waals surface area (Å²) in [6, 6.07) is 23.7. The summed E-state index contributed by atoms with van der Waals surface area (Å²) >= 11 is 0. The van der Waals surface area contributed by atoms with Crippen LogP contribution in [0.2, 0.25) is 0 Å². The van der Waals surface area contributed by atoms with Crippen LogP contribution in [0, 0.1) is 0 Å². The average Bonchev–Trinajstić information content (AvgIpc) is 2.83. The quantitative estimate of drug-likeness (QED) is 0.485. The highest BCUT2D eigenvalue weighted by Gasteiger charge is 2.11. The molecule has 7 heteroatoms. The molecule has 0 heterocycles. The van der Waals surface area contributed by atoms with E-state index >= 15 is 0 Å². The summed E-state index contributed by atoms with van der Waals surface area (Å²) in [6.07, 6.45) is 0. The third-order valence-electron chi connectivity index (χ3n) is 5.26. The van der Waals surface area contributed by atoms with Gasteiger partial charge >= 0.3 is 0 Å². The van der Waals surface area contributed by atoms with Gasteiger partial charge in [-0.05, 0) is 61.0 Å². The number of benzene rings is 3. The van der Waals surface area contributed by atoms with Crippen molar-refractivity contribution in [3.8, 4) is 0 Å². The summed E-state index contributed by atoms with van der Waals surface area (Å²) < 4.78 is 0. The van der Waals surface area contributed by atoms with Crippen LogP contribution in [0.15, 0.2) is 78.9 Å². The van der Waals surface area contributed by atoms with E-state index in [1.54, 1.807) is 55.6 Å². The molecule has 3 aromatic carbocycles. The van der Waals surface area contributed by atoms with E-state index in [0.29, 0.717) is 11.3 Å². The third kappa shape index (κ3) is 6.67. The van der Waals surface area contributed by atoms with Crippen molar-refractivity contribution in [1.82, 2.24) is 5.32 Å². The first-order valence-electron chi connectivity index (χ1n) is 10.7. The third-order valence-corrected chi connectivity index (χ3v) is 5.26. The first-order chi connectivity index (χ1) is 15.8. The van der Waals surface area contributed by atoms with Crippen LogP contribution >= 0.6 is 0 Å². The first kappa shape index (κ1) is 23.5. The Kier molecular flexibility index (Phi) is 7.81. The highest BCUT2D eigenvalue weighted by atomic mass is 16.2. The van der Waals surface area contributed by atoms with Gasteiger partial charge in [0.2, 0.25) is 11.8 Å². The normalized spacial score (nSPS) is 11.2. The van der Waals surface area contributed by atoms with Crippen molar-refractivity contribution in [3.63, 3.8) is 0 Å². The molecule has 33 heavy (non-hydrogen) atoms. The molecular formula is C26H28N4O3. The molecule has 3 aromatic rings. The standard InChI is InChI=1S/C26H28N4O3/c1-18(20-7-5-4-6-8-20)28-26(33)21-9-11-22(12-10-21)27-17-25(32)29-23-13-15-24(16-14-23)30(3)19(2)31/h4-16,18,27H,17H2,1-3H3,(H,28,33)(H,29,32). The molecule has 0 aliphatic heterocycles. The summed E-state index contributed by atoms with van der Waals surface area (Å²) in [7, 11) is 1.69. The lowest BCUT2D eigenvalue weighted by molar-refractivity contribution is -0.116. The molecule has 0 fully saturated rings. The van der Waals surface area contributed by atoms with Crippen molar-refractivity contribution in [3.05, 3.63) is 90.0 Å². The number of amides is 3. The Hall–Kier alpha value is -4.13. The fourth-order valence-electron chi connectivity index (χ4n) is 3.18. The number of hydrogen-bond acceptors (Lipinski definition) is 4. The van der Waals surface area contributed by atoms with Crippen molar-refractivity contribution in [2.45, 2.75) is 19.9 Å². The van der Waals surface area contributed by atoms with Gasteiger partial charge in [-0.2, -0.15) is 0 Å². The van der Waals surface area contributed by atoms with E-state index in [4.69, 9.17) is 0 Å². The van der Waals surface area contributed by atoms with Crippen LogP contribution in [-0.2, 0) is 9.59 Å². The lowest BCUT2D eigenvalue weighted by Crippen LogP contribution is -2.26. The number of nitrogens with zero attached hydrogens (tertiary/aromatic N) is 1. The summed E-state index contributed by atoms with van der Waals surface area (Å²) in [6.45, 7) is 3.51. The van der Waals surface area contributed by atoms with Gasteiger partial charge in [-0.25, -0.2) is 0 Å². The number of hydrogen-bond donors (Lipinski definition) is 3. The minimum absolute atomic E-state index is 0.0646. The second kappa shape index (κ2) is 10.9. The highest BCUT2D eigenvalue weighted by Crippen LogP contribution is 2.17. The van der Waals surface area contributed by atoms with Crippen LogP contribution in [0.25, 0.3) is 0 Å². The van der Waals surface area contributed by atoms with Gasteiger partial charge in [0, 0.05) is 36.6 Å². The molecule has 3 amide bonds. The van der Waals surface area contributed by atoms with Gasteiger partial charge in [-0.15, -0.1) is 0 Å². The minimum Gasteiger partial charge on any atom is -0.376 e. The van der Waals surface area contributed by atoms with Gasteiger partial charge in [-0.1, -0.05) is 30.3 Å². The molecule has 0 aromatic heterocycles. The predicted octanol–water partition coefficient (Wildman–Crippen LogP) is 4.21. The molecule has 0 radical (unpaired) electrons. The minimum atomic E-state index is -0.207. The summed E-state index contributed by atoms with van der Waals surface area (Å²) in [5.74, 6) is -0.430. The monoisotopic (exact) mass is 444 g/mol. The Bertz CT molecular complexity index is 1100. The zero-order chi connectivity index (χ0) is 23.8. The molecule has 0 saturated heterocycles. The van der Waals surface area contributed by atoms with Crippen LogP contribution in [0.3, 0.4) is 0 Å². The first-order valence-corrected chi connectivity index (χ1v) is 10.7. The molecule has 0 aliphatic carbocycles. The molecular weight excluding hydrogens is 416 g/mol. The van der Waals surface area contributed by atoms with Crippen LogP contribution in [0.1, 0.15) is 35.8 Å². The fraction of sp³-hybridized carbons (Fsp3) is 0.192. The molecule has 0 aliphatic rings. The van der Waals surface area contributed by atoms with E-state index in [2.05, 4.69) is 16.0 Å². The Morgan fingerprint density at radius 1 is 0.848 bits per heavy atom. The van der Waals surface area contributed by atoms with Gasteiger partial charge in [-0.3, -0.25) is 14.4 Å². The van der Waals surface area contributed by atoms with Gasteiger partial charge < -0.3 is 20.9 Å². The fourth-order valence-corrected chi connectivity index (χ4v) is 3.18. The summed E-state index contributed by atoms with van der Waals surface area (Å²) in [4.78, 5) is 37.7. The van der Waals surface area contributed by atoms with Gasteiger partial charge in [0.1, 0.15) is 0 Å². The Labute approximate surface area is 193 Å². The largest absolute Gasteiger partial charge is 0.376 e. The van der Waals surface area contributed by atoms with Crippen molar-refractivity contribution < 1.29 is 14.4 Å². The Morgan fingerprint density at radius 2 is 1.45 bits per heavy atom.